The van der Waals surface area contributed by atoms with Gasteiger partial charge in [-0.3, -0.25) is 9.80 Å². The first-order chi connectivity index (χ1) is 10.9. The van der Waals surface area contributed by atoms with Crippen molar-refractivity contribution in [3.05, 3.63) is 0 Å². The second-order valence-corrected chi connectivity index (χ2v) is 7.61. The highest BCUT2D eigenvalue weighted by Crippen LogP contribution is 1.85. The zero-order chi connectivity index (χ0) is 19.7. The van der Waals surface area contributed by atoms with E-state index in [1.165, 1.54) is 0 Å². The summed E-state index contributed by atoms with van der Waals surface area (Å²) >= 11 is 0. The molecule has 0 saturated carbocycles. The predicted octanol–water partition coefficient (Wildman–Crippen LogP) is 0.676. The Kier molecular flexibility index (Phi) is 22.7. The Bertz CT molecular complexity index is 212. The molecular weight excluding hydrogens is 300 g/mol. The first-order valence-electron chi connectivity index (χ1n) is 8.84. The van der Waals surface area contributed by atoms with Gasteiger partial charge in [-0.2, -0.15) is 0 Å². The number of likely N-dealkylation sites (N-methyl/N-ethyl adjacent to an activating group) is 3. The van der Waals surface area contributed by atoms with Gasteiger partial charge >= 0.3 is 0 Å². The minimum absolute atomic E-state index is 1.03. The third-order valence-electron chi connectivity index (χ3n) is 3.06. The lowest BCUT2D eigenvalue weighted by molar-refractivity contribution is 0.245. The molecule has 0 N–H and O–H groups in total. The molecule has 0 aromatic rings. The van der Waals surface area contributed by atoms with Gasteiger partial charge in [0, 0.05) is 32.8 Å². The summed E-state index contributed by atoms with van der Waals surface area (Å²) in [4.78, 5) is 13.2. The summed E-state index contributed by atoms with van der Waals surface area (Å²) in [6.07, 6.45) is 0. The SMILES string of the molecule is CCN(C)C.CN(C)CCN(C)CCN(C)C.CN(C)CN(C)C. The van der Waals surface area contributed by atoms with Crippen LogP contribution in [-0.2, 0) is 0 Å². The van der Waals surface area contributed by atoms with Gasteiger partial charge in [-0.05, 0) is 84.1 Å². The summed E-state index contributed by atoms with van der Waals surface area (Å²) < 4.78 is 0. The van der Waals surface area contributed by atoms with Crippen LogP contribution in [0.1, 0.15) is 6.92 Å². The minimum atomic E-state index is 1.03. The summed E-state index contributed by atoms with van der Waals surface area (Å²) in [5, 5.41) is 0. The molecule has 0 spiro atoms. The first-order valence-corrected chi connectivity index (χ1v) is 8.84. The smallest absolute Gasteiger partial charge is 0.0495 e. The predicted molar refractivity (Wildman–Crippen MR) is 111 cm³/mol. The topological polar surface area (TPSA) is 19.4 Å². The maximum atomic E-state index is 2.36. The van der Waals surface area contributed by atoms with Gasteiger partial charge in [0.15, 0.2) is 0 Å². The summed E-state index contributed by atoms with van der Waals surface area (Å²) in [5.41, 5.74) is 0. The zero-order valence-electron chi connectivity index (χ0n) is 18.9. The molecule has 6 heteroatoms. The molecular formula is C18H48N6. The molecule has 0 atom stereocenters. The molecule has 0 bridgehead atoms. The molecule has 6 nitrogen and oxygen atoms in total. The Hall–Kier alpha value is -0.240. The minimum Gasteiger partial charge on any atom is -0.310 e. The maximum absolute atomic E-state index is 2.36. The molecule has 0 heterocycles. The van der Waals surface area contributed by atoms with Crippen molar-refractivity contribution in [3.8, 4) is 0 Å². The van der Waals surface area contributed by atoms with Crippen molar-refractivity contribution in [1.29, 1.82) is 0 Å². The maximum Gasteiger partial charge on any atom is 0.0495 e. The second kappa shape index (κ2) is 19.1. The van der Waals surface area contributed by atoms with Gasteiger partial charge in [-0.15, -0.1) is 0 Å². The van der Waals surface area contributed by atoms with E-state index in [2.05, 4.69) is 114 Å². The van der Waals surface area contributed by atoms with Gasteiger partial charge in [-0.1, -0.05) is 6.92 Å². The lowest BCUT2D eigenvalue weighted by Crippen LogP contribution is -2.33. The average molecular weight is 349 g/mol. The van der Waals surface area contributed by atoms with Gasteiger partial charge in [-0.25, -0.2) is 0 Å². The molecule has 0 rings (SSSR count). The van der Waals surface area contributed by atoms with E-state index < -0.39 is 0 Å². The van der Waals surface area contributed by atoms with Gasteiger partial charge in [0.2, 0.25) is 0 Å². The van der Waals surface area contributed by atoms with Crippen LogP contribution in [0.4, 0.5) is 0 Å². The Labute approximate surface area is 154 Å². The van der Waals surface area contributed by atoms with Crippen LogP contribution < -0.4 is 0 Å². The van der Waals surface area contributed by atoms with Crippen molar-refractivity contribution in [3.63, 3.8) is 0 Å². The second-order valence-electron chi connectivity index (χ2n) is 7.61. The van der Waals surface area contributed by atoms with Crippen LogP contribution in [0.15, 0.2) is 0 Å². The molecule has 0 aliphatic rings. The van der Waals surface area contributed by atoms with Gasteiger partial charge in [0.1, 0.15) is 0 Å². The van der Waals surface area contributed by atoms with Crippen LogP contribution in [0, 0.1) is 0 Å². The Morgan fingerprint density at radius 1 is 0.417 bits per heavy atom. The van der Waals surface area contributed by atoms with Crippen molar-refractivity contribution >= 4 is 0 Å². The third kappa shape index (κ3) is 37.8. The fourth-order valence-corrected chi connectivity index (χ4v) is 1.42. The monoisotopic (exact) mass is 348 g/mol. The molecule has 0 radical (unpaired) electrons. The zero-order valence-corrected chi connectivity index (χ0v) is 18.9. The molecule has 0 unspecified atom stereocenters. The normalized spacial score (nSPS) is 11.2. The molecule has 150 valence electrons. The molecule has 0 aromatic carbocycles. The van der Waals surface area contributed by atoms with Crippen LogP contribution in [0.25, 0.3) is 0 Å². The van der Waals surface area contributed by atoms with E-state index in [0.717, 1.165) is 39.4 Å². The molecule has 0 aliphatic carbocycles. The first kappa shape index (κ1) is 28.6. The molecule has 24 heavy (non-hydrogen) atoms. The number of nitrogens with zero attached hydrogens (tertiary/aromatic N) is 6. The van der Waals surface area contributed by atoms with Crippen molar-refractivity contribution in [2.24, 2.45) is 0 Å². The highest BCUT2D eigenvalue weighted by atomic mass is 15.2. The summed E-state index contributed by atoms with van der Waals surface area (Å²) in [7, 11) is 23.0. The van der Waals surface area contributed by atoms with E-state index in [1.807, 2.05) is 0 Å². The van der Waals surface area contributed by atoms with Crippen LogP contribution in [0.3, 0.4) is 0 Å². The summed E-state index contributed by atoms with van der Waals surface area (Å²) in [6, 6.07) is 0. The quantitative estimate of drug-likeness (QED) is 0.567. The molecule has 0 aliphatic heterocycles. The van der Waals surface area contributed by atoms with Crippen molar-refractivity contribution < 1.29 is 0 Å². The van der Waals surface area contributed by atoms with Crippen LogP contribution in [-0.4, -0.2) is 146 Å². The number of hydrogen-bond acceptors (Lipinski definition) is 6. The van der Waals surface area contributed by atoms with Gasteiger partial charge < -0.3 is 19.6 Å². The Balaban J connectivity index is -0.000000311. The highest BCUT2D eigenvalue weighted by Gasteiger charge is 1.99. The van der Waals surface area contributed by atoms with E-state index in [-0.39, 0.29) is 0 Å². The molecule has 0 amide bonds. The molecule has 0 aromatic heterocycles. The van der Waals surface area contributed by atoms with Crippen molar-refractivity contribution in [2.75, 3.05) is 117 Å². The lowest BCUT2D eigenvalue weighted by Gasteiger charge is -2.20. The molecule has 0 saturated heterocycles. The van der Waals surface area contributed by atoms with Crippen molar-refractivity contribution in [2.45, 2.75) is 6.92 Å². The number of hydrogen-bond donors (Lipinski definition) is 0. The fourth-order valence-electron chi connectivity index (χ4n) is 1.42. The van der Waals surface area contributed by atoms with E-state index in [4.69, 9.17) is 0 Å². The van der Waals surface area contributed by atoms with Crippen LogP contribution >= 0.6 is 0 Å². The number of rotatable bonds is 9. The Morgan fingerprint density at radius 2 is 0.708 bits per heavy atom. The fraction of sp³-hybridized carbons (Fsp3) is 1.00. The third-order valence-corrected chi connectivity index (χ3v) is 3.06. The molecule has 0 fully saturated rings. The van der Waals surface area contributed by atoms with E-state index >= 15 is 0 Å². The standard InChI is InChI=1S/C9H23N3.C5H14N2.C4H11N/c1-10(2)6-8-12(5)9-7-11(3)4;1-6(2)5-7(3)4;1-4-5(2)3/h6-9H2,1-5H3;5H2,1-4H3;4H2,1-3H3. The summed E-state index contributed by atoms with van der Waals surface area (Å²) in [5.74, 6) is 0. The average Bonchev–Trinajstić information content (AvgIpc) is 2.42. The summed E-state index contributed by atoms with van der Waals surface area (Å²) in [6.45, 7) is 8.88. The van der Waals surface area contributed by atoms with Gasteiger partial charge in [0.25, 0.3) is 0 Å². The van der Waals surface area contributed by atoms with Crippen LogP contribution in [0.5, 0.6) is 0 Å². The van der Waals surface area contributed by atoms with E-state index in [0.29, 0.717) is 0 Å². The van der Waals surface area contributed by atoms with E-state index in [1.54, 1.807) is 0 Å². The highest BCUT2D eigenvalue weighted by molar-refractivity contribution is 4.55. The van der Waals surface area contributed by atoms with Gasteiger partial charge in [0.05, 0.1) is 0 Å². The van der Waals surface area contributed by atoms with E-state index in [9.17, 15) is 0 Å². The van der Waals surface area contributed by atoms with Crippen molar-refractivity contribution in [1.82, 2.24) is 29.4 Å². The van der Waals surface area contributed by atoms with Crippen LogP contribution in [0.2, 0.25) is 0 Å². The lowest BCUT2D eigenvalue weighted by atomic mass is 10.4. The Morgan fingerprint density at radius 3 is 0.833 bits per heavy atom. The largest absolute Gasteiger partial charge is 0.310 e.